The minimum absolute atomic E-state index is 0.104. The Morgan fingerprint density at radius 2 is 1.70 bits per heavy atom. The monoisotopic (exact) mass is 314 g/mol. The molecule has 0 aromatic heterocycles. The summed E-state index contributed by atoms with van der Waals surface area (Å²) in [4.78, 5) is 23.7. The smallest absolute Gasteiger partial charge is 0.243 e. The number of carbonyl (C=O) groups is 2. The summed E-state index contributed by atoms with van der Waals surface area (Å²) >= 11 is 0. The third kappa shape index (κ3) is 5.21. The molecular weight excluding hydrogens is 295 g/mol. The van der Waals surface area contributed by atoms with Crippen molar-refractivity contribution < 1.29 is 14.0 Å². The third-order valence-electron chi connectivity index (χ3n) is 3.39. The van der Waals surface area contributed by atoms with Gasteiger partial charge in [0.1, 0.15) is 5.82 Å². The van der Waals surface area contributed by atoms with Crippen LogP contribution in [0.4, 0.5) is 10.1 Å². The highest BCUT2D eigenvalue weighted by atomic mass is 19.1. The molecule has 2 N–H and O–H groups in total. The van der Waals surface area contributed by atoms with Gasteiger partial charge in [-0.05, 0) is 48.7 Å². The zero-order chi connectivity index (χ0) is 16.8. The molecule has 2 amide bonds. The van der Waals surface area contributed by atoms with Crippen molar-refractivity contribution in [2.75, 3.05) is 11.9 Å². The minimum Gasteiger partial charge on any atom is -0.347 e. The molecule has 0 radical (unpaired) electrons. The van der Waals surface area contributed by atoms with Gasteiger partial charge in [-0.15, -0.1) is 0 Å². The predicted molar refractivity (Wildman–Crippen MR) is 87.7 cm³/mol. The maximum Gasteiger partial charge on any atom is 0.243 e. The summed E-state index contributed by atoms with van der Waals surface area (Å²) in [6.45, 7) is 3.75. The molecule has 0 aliphatic rings. The summed E-state index contributed by atoms with van der Waals surface area (Å²) < 4.78 is 12.8. The molecule has 4 nitrogen and oxygen atoms in total. The van der Waals surface area contributed by atoms with Crippen molar-refractivity contribution in [2.45, 2.75) is 20.3 Å². The van der Waals surface area contributed by atoms with Crippen molar-refractivity contribution in [3.63, 3.8) is 0 Å². The van der Waals surface area contributed by atoms with Crippen molar-refractivity contribution in [1.82, 2.24) is 5.32 Å². The maximum atomic E-state index is 12.8. The highest BCUT2D eigenvalue weighted by Crippen LogP contribution is 2.15. The lowest BCUT2D eigenvalue weighted by Gasteiger charge is -2.10. The van der Waals surface area contributed by atoms with Crippen LogP contribution in [0.1, 0.15) is 16.7 Å². The van der Waals surface area contributed by atoms with Crippen molar-refractivity contribution in [3.8, 4) is 0 Å². The Hall–Kier alpha value is -2.69. The van der Waals surface area contributed by atoms with Crippen LogP contribution in [0.15, 0.2) is 42.5 Å². The van der Waals surface area contributed by atoms with Crippen LogP contribution >= 0.6 is 0 Å². The molecule has 0 atom stereocenters. The lowest BCUT2D eigenvalue weighted by atomic mass is 10.1. The molecule has 23 heavy (non-hydrogen) atoms. The van der Waals surface area contributed by atoms with E-state index in [1.807, 2.05) is 32.0 Å². The second-order valence-electron chi connectivity index (χ2n) is 5.45. The van der Waals surface area contributed by atoms with E-state index in [0.717, 1.165) is 16.8 Å². The highest BCUT2D eigenvalue weighted by Gasteiger charge is 2.08. The number of aryl methyl sites for hydroxylation is 2. The van der Waals surface area contributed by atoms with Crippen molar-refractivity contribution >= 4 is 17.5 Å². The molecule has 0 aliphatic heterocycles. The molecule has 2 aromatic carbocycles. The van der Waals surface area contributed by atoms with Gasteiger partial charge in [0.2, 0.25) is 11.8 Å². The van der Waals surface area contributed by atoms with Crippen molar-refractivity contribution in [3.05, 3.63) is 65.0 Å². The van der Waals surface area contributed by atoms with E-state index in [0.29, 0.717) is 5.56 Å². The van der Waals surface area contributed by atoms with Crippen LogP contribution in [0.2, 0.25) is 0 Å². The molecule has 0 fully saturated rings. The van der Waals surface area contributed by atoms with Gasteiger partial charge in [-0.3, -0.25) is 9.59 Å². The maximum absolute atomic E-state index is 12.8. The summed E-state index contributed by atoms with van der Waals surface area (Å²) in [6, 6.07) is 11.5. The van der Waals surface area contributed by atoms with Crippen LogP contribution in [0.5, 0.6) is 0 Å². The Balaban J connectivity index is 1.83. The Morgan fingerprint density at radius 3 is 2.39 bits per heavy atom. The van der Waals surface area contributed by atoms with E-state index < -0.39 is 0 Å². The van der Waals surface area contributed by atoms with Crippen LogP contribution in [-0.2, 0) is 16.0 Å². The topological polar surface area (TPSA) is 58.2 Å². The minimum atomic E-state index is -0.345. The number of nitrogens with one attached hydrogen (secondary N) is 2. The second kappa shape index (κ2) is 7.54. The van der Waals surface area contributed by atoms with Crippen LogP contribution in [0, 0.1) is 19.7 Å². The van der Waals surface area contributed by atoms with Gasteiger partial charge < -0.3 is 10.6 Å². The standard InChI is InChI=1S/C18H19FN2O2/c1-12-3-4-13(2)16(9-12)21-18(23)11-20-17(22)10-14-5-7-15(19)8-6-14/h3-9H,10-11H2,1-2H3,(H,20,22)(H,21,23). The van der Waals surface area contributed by atoms with E-state index in [1.165, 1.54) is 12.1 Å². The van der Waals surface area contributed by atoms with Gasteiger partial charge >= 0.3 is 0 Å². The number of carbonyl (C=O) groups excluding carboxylic acids is 2. The summed E-state index contributed by atoms with van der Waals surface area (Å²) in [7, 11) is 0. The van der Waals surface area contributed by atoms with E-state index in [2.05, 4.69) is 10.6 Å². The fourth-order valence-electron chi connectivity index (χ4n) is 2.09. The Labute approximate surface area is 134 Å². The number of amides is 2. The Morgan fingerprint density at radius 1 is 1.00 bits per heavy atom. The molecular formula is C18H19FN2O2. The number of rotatable bonds is 5. The highest BCUT2D eigenvalue weighted by molar-refractivity contribution is 5.95. The largest absolute Gasteiger partial charge is 0.347 e. The van der Waals surface area contributed by atoms with Gasteiger partial charge in [-0.2, -0.15) is 0 Å². The quantitative estimate of drug-likeness (QED) is 0.891. The molecule has 0 bridgehead atoms. The average Bonchev–Trinajstić information content (AvgIpc) is 2.51. The fraction of sp³-hybridized carbons (Fsp3) is 0.222. The molecule has 0 saturated heterocycles. The zero-order valence-corrected chi connectivity index (χ0v) is 13.2. The molecule has 0 spiro atoms. The number of halogens is 1. The number of hydrogen-bond acceptors (Lipinski definition) is 2. The molecule has 0 aliphatic carbocycles. The molecule has 0 saturated carbocycles. The lowest BCUT2D eigenvalue weighted by molar-refractivity contribution is -0.123. The van der Waals surface area contributed by atoms with Crippen molar-refractivity contribution in [1.29, 1.82) is 0 Å². The Bertz CT molecular complexity index is 711. The van der Waals surface area contributed by atoms with Gasteiger partial charge in [-0.25, -0.2) is 4.39 Å². The van der Waals surface area contributed by atoms with E-state index >= 15 is 0 Å². The van der Waals surface area contributed by atoms with Gasteiger partial charge in [-0.1, -0.05) is 24.3 Å². The Kier molecular flexibility index (Phi) is 5.46. The first kappa shape index (κ1) is 16.7. The summed E-state index contributed by atoms with van der Waals surface area (Å²) in [5.41, 5.74) is 3.44. The number of anilines is 1. The summed E-state index contributed by atoms with van der Waals surface area (Å²) in [6.07, 6.45) is 0.108. The molecule has 120 valence electrons. The molecule has 5 heteroatoms. The third-order valence-corrected chi connectivity index (χ3v) is 3.39. The van der Waals surface area contributed by atoms with E-state index in [4.69, 9.17) is 0 Å². The van der Waals surface area contributed by atoms with E-state index in [9.17, 15) is 14.0 Å². The van der Waals surface area contributed by atoms with Gasteiger partial charge in [0, 0.05) is 5.69 Å². The van der Waals surface area contributed by atoms with Crippen LogP contribution in [0.25, 0.3) is 0 Å². The number of benzene rings is 2. The van der Waals surface area contributed by atoms with Gasteiger partial charge in [0.15, 0.2) is 0 Å². The van der Waals surface area contributed by atoms with Crippen LogP contribution < -0.4 is 10.6 Å². The second-order valence-corrected chi connectivity index (χ2v) is 5.45. The van der Waals surface area contributed by atoms with Crippen LogP contribution in [-0.4, -0.2) is 18.4 Å². The first-order valence-corrected chi connectivity index (χ1v) is 7.32. The average molecular weight is 314 g/mol. The van der Waals surface area contributed by atoms with Crippen LogP contribution in [0.3, 0.4) is 0 Å². The normalized spacial score (nSPS) is 10.2. The number of hydrogen-bond donors (Lipinski definition) is 2. The van der Waals surface area contributed by atoms with Gasteiger partial charge in [0.25, 0.3) is 0 Å². The van der Waals surface area contributed by atoms with E-state index in [-0.39, 0.29) is 30.6 Å². The van der Waals surface area contributed by atoms with E-state index in [1.54, 1.807) is 12.1 Å². The zero-order valence-electron chi connectivity index (χ0n) is 13.2. The molecule has 0 heterocycles. The molecule has 2 rings (SSSR count). The molecule has 2 aromatic rings. The summed E-state index contributed by atoms with van der Waals surface area (Å²) in [5, 5.41) is 5.33. The van der Waals surface area contributed by atoms with Crippen molar-refractivity contribution in [2.24, 2.45) is 0 Å². The van der Waals surface area contributed by atoms with Gasteiger partial charge in [0.05, 0.1) is 13.0 Å². The lowest BCUT2D eigenvalue weighted by Crippen LogP contribution is -2.33. The fourth-order valence-corrected chi connectivity index (χ4v) is 2.09. The first-order chi connectivity index (χ1) is 10.9. The predicted octanol–water partition coefficient (Wildman–Crippen LogP) is 2.74. The molecule has 0 unspecified atom stereocenters. The first-order valence-electron chi connectivity index (χ1n) is 7.32. The SMILES string of the molecule is Cc1ccc(C)c(NC(=O)CNC(=O)Cc2ccc(F)cc2)c1. The summed E-state index contributed by atoms with van der Waals surface area (Å²) in [5.74, 6) is -0.916.